The Bertz CT molecular complexity index is 448. The molecule has 1 aromatic carbocycles. The second-order valence-corrected chi connectivity index (χ2v) is 5.81. The number of aliphatic hydroxyl groups excluding tert-OH is 1. The molecule has 1 aromatic rings. The summed E-state index contributed by atoms with van der Waals surface area (Å²) in [5.41, 5.74) is 1.00. The first-order valence-electron chi connectivity index (χ1n) is 7.41. The molecule has 2 fully saturated rings. The number of nitrogens with zero attached hydrogens (tertiary/aromatic N) is 1. The van der Waals surface area contributed by atoms with Crippen LogP contribution in [0.1, 0.15) is 37.7 Å². The van der Waals surface area contributed by atoms with Gasteiger partial charge in [0.05, 0.1) is 6.10 Å². The summed E-state index contributed by atoms with van der Waals surface area (Å²) in [7, 11) is 0. The van der Waals surface area contributed by atoms with Gasteiger partial charge in [0.2, 0.25) is 0 Å². The summed E-state index contributed by atoms with van der Waals surface area (Å²) >= 11 is 0. The number of hydrogen-bond acceptors (Lipinski definition) is 3. The van der Waals surface area contributed by atoms with Crippen molar-refractivity contribution in [3.8, 4) is 0 Å². The highest BCUT2D eigenvalue weighted by Gasteiger charge is 2.41. The molecule has 2 atom stereocenters. The van der Waals surface area contributed by atoms with Gasteiger partial charge in [-0.05, 0) is 37.7 Å². The van der Waals surface area contributed by atoms with Crippen LogP contribution in [0.2, 0.25) is 0 Å². The highest BCUT2D eigenvalue weighted by atomic mass is 16.6. The molecule has 4 nitrogen and oxygen atoms in total. The number of carbonyl (C=O) groups is 1. The van der Waals surface area contributed by atoms with Crippen LogP contribution in [0.15, 0.2) is 30.3 Å². The Labute approximate surface area is 119 Å². The zero-order valence-corrected chi connectivity index (χ0v) is 11.6. The van der Waals surface area contributed by atoms with E-state index in [0.717, 1.165) is 24.8 Å². The fourth-order valence-corrected chi connectivity index (χ4v) is 3.44. The van der Waals surface area contributed by atoms with E-state index in [2.05, 4.69) is 0 Å². The average molecular weight is 275 g/mol. The molecule has 20 heavy (non-hydrogen) atoms. The molecule has 2 aliphatic heterocycles. The Morgan fingerprint density at radius 1 is 1.20 bits per heavy atom. The minimum absolute atomic E-state index is 0.153. The van der Waals surface area contributed by atoms with Gasteiger partial charge in [-0.25, -0.2) is 4.79 Å². The van der Waals surface area contributed by atoms with Gasteiger partial charge in [-0.15, -0.1) is 0 Å². The van der Waals surface area contributed by atoms with Crippen molar-refractivity contribution in [1.82, 2.24) is 4.90 Å². The van der Waals surface area contributed by atoms with Crippen LogP contribution in [0.25, 0.3) is 0 Å². The summed E-state index contributed by atoms with van der Waals surface area (Å²) in [6.45, 7) is 0.318. The molecule has 1 N–H and O–H groups in total. The van der Waals surface area contributed by atoms with Gasteiger partial charge >= 0.3 is 6.09 Å². The Morgan fingerprint density at radius 2 is 1.85 bits per heavy atom. The number of benzene rings is 1. The second-order valence-electron chi connectivity index (χ2n) is 5.81. The van der Waals surface area contributed by atoms with E-state index >= 15 is 0 Å². The molecule has 0 saturated carbocycles. The second kappa shape index (κ2) is 5.83. The average Bonchev–Trinajstić information content (AvgIpc) is 2.45. The monoisotopic (exact) mass is 275 g/mol. The number of rotatable bonds is 2. The maximum atomic E-state index is 12.3. The summed E-state index contributed by atoms with van der Waals surface area (Å²) in [5, 5.41) is 9.84. The van der Waals surface area contributed by atoms with Crippen LogP contribution in [0.5, 0.6) is 0 Å². The molecular formula is C16H21NO3. The Kier molecular flexibility index (Phi) is 3.92. The van der Waals surface area contributed by atoms with Gasteiger partial charge in [-0.1, -0.05) is 30.3 Å². The lowest BCUT2D eigenvalue weighted by atomic mass is 9.83. The third-order valence-corrected chi connectivity index (χ3v) is 4.37. The zero-order chi connectivity index (χ0) is 13.9. The first kappa shape index (κ1) is 13.4. The van der Waals surface area contributed by atoms with E-state index in [0.29, 0.717) is 19.4 Å². The largest absolute Gasteiger partial charge is 0.445 e. The highest BCUT2D eigenvalue weighted by molar-refractivity contribution is 5.69. The topological polar surface area (TPSA) is 49.8 Å². The minimum atomic E-state index is -0.261. The van der Waals surface area contributed by atoms with E-state index in [1.54, 1.807) is 0 Å². The number of amides is 1. The van der Waals surface area contributed by atoms with Gasteiger partial charge in [-0.3, -0.25) is 0 Å². The van der Waals surface area contributed by atoms with Crippen LogP contribution >= 0.6 is 0 Å². The van der Waals surface area contributed by atoms with Crippen molar-refractivity contribution in [3.05, 3.63) is 35.9 Å². The lowest BCUT2D eigenvalue weighted by Gasteiger charge is -2.46. The first-order valence-corrected chi connectivity index (χ1v) is 7.41. The molecule has 0 aliphatic carbocycles. The molecule has 0 radical (unpaired) electrons. The normalized spacial score (nSPS) is 29.1. The lowest BCUT2D eigenvalue weighted by molar-refractivity contribution is -0.0257. The van der Waals surface area contributed by atoms with Crippen LogP contribution in [-0.4, -0.2) is 34.3 Å². The summed E-state index contributed by atoms with van der Waals surface area (Å²) in [5.74, 6) is 0. The number of ether oxygens (including phenoxy) is 1. The minimum Gasteiger partial charge on any atom is -0.445 e. The quantitative estimate of drug-likeness (QED) is 0.902. The molecule has 2 heterocycles. The first-order chi connectivity index (χ1) is 9.74. The van der Waals surface area contributed by atoms with Crippen molar-refractivity contribution >= 4 is 6.09 Å². The van der Waals surface area contributed by atoms with E-state index in [4.69, 9.17) is 4.74 Å². The predicted octanol–water partition coefficient (Wildman–Crippen LogP) is 2.70. The number of carbonyl (C=O) groups excluding carboxylic acids is 1. The third kappa shape index (κ3) is 2.80. The number of piperidine rings is 2. The van der Waals surface area contributed by atoms with Crippen LogP contribution in [0.4, 0.5) is 4.79 Å². The molecule has 3 rings (SSSR count). The lowest BCUT2D eigenvalue weighted by Crippen LogP contribution is -2.55. The van der Waals surface area contributed by atoms with Gasteiger partial charge in [0.25, 0.3) is 0 Å². The van der Waals surface area contributed by atoms with E-state index in [1.807, 2.05) is 35.2 Å². The van der Waals surface area contributed by atoms with Crippen molar-refractivity contribution < 1.29 is 14.6 Å². The van der Waals surface area contributed by atoms with Crippen LogP contribution in [0, 0.1) is 0 Å². The van der Waals surface area contributed by atoms with Gasteiger partial charge < -0.3 is 14.7 Å². The number of aliphatic hydroxyl groups is 1. The van der Waals surface area contributed by atoms with Crippen molar-refractivity contribution in [2.24, 2.45) is 0 Å². The number of hydrogen-bond donors (Lipinski definition) is 1. The SMILES string of the molecule is O=C(OCc1ccccc1)N1C2CCCC1CC(O)C2. The van der Waals surface area contributed by atoms with Crippen LogP contribution < -0.4 is 0 Å². The Balaban J connectivity index is 1.62. The summed E-state index contributed by atoms with van der Waals surface area (Å²) in [4.78, 5) is 14.2. The molecule has 0 aromatic heterocycles. The number of fused-ring (bicyclic) bond motifs is 2. The van der Waals surface area contributed by atoms with E-state index in [9.17, 15) is 9.90 Å². The molecule has 1 amide bonds. The van der Waals surface area contributed by atoms with Crippen molar-refractivity contribution in [3.63, 3.8) is 0 Å². The van der Waals surface area contributed by atoms with E-state index < -0.39 is 0 Å². The van der Waals surface area contributed by atoms with Crippen LogP contribution in [-0.2, 0) is 11.3 Å². The fraction of sp³-hybridized carbons (Fsp3) is 0.562. The molecule has 2 bridgehead atoms. The summed E-state index contributed by atoms with van der Waals surface area (Å²) in [6, 6.07) is 10.0. The third-order valence-electron chi connectivity index (χ3n) is 4.37. The van der Waals surface area contributed by atoms with Crippen molar-refractivity contribution in [2.75, 3.05) is 0 Å². The summed E-state index contributed by atoms with van der Waals surface area (Å²) in [6.07, 6.45) is 4.00. The summed E-state index contributed by atoms with van der Waals surface area (Å²) < 4.78 is 5.44. The van der Waals surface area contributed by atoms with Gasteiger partial charge in [0, 0.05) is 12.1 Å². The van der Waals surface area contributed by atoms with Gasteiger partial charge in [0.1, 0.15) is 6.61 Å². The van der Waals surface area contributed by atoms with Crippen molar-refractivity contribution in [1.29, 1.82) is 0 Å². The molecular weight excluding hydrogens is 254 g/mol. The molecule has 4 heteroatoms. The molecule has 2 saturated heterocycles. The van der Waals surface area contributed by atoms with E-state index in [1.165, 1.54) is 0 Å². The fourth-order valence-electron chi connectivity index (χ4n) is 3.44. The van der Waals surface area contributed by atoms with Crippen LogP contribution in [0.3, 0.4) is 0 Å². The van der Waals surface area contributed by atoms with Gasteiger partial charge in [0.15, 0.2) is 0 Å². The zero-order valence-electron chi connectivity index (χ0n) is 11.6. The standard InChI is InChI=1S/C16H21NO3/c18-15-9-13-7-4-8-14(10-15)17(13)16(19)20-11-12-5-2-1-3-6-12/h1-3,5-6,13-15,18H,4,7-11H2. The Morgan fingerprint density at radius 3 is 2.50 bits per heavy atom. The van der Waals surface area contributed by atoms with Gasteiger partial charge in [-0.2, -0.15) is 0 Å². The van der Waals surface area contributed by atoms with E-state index in [-0.39, 0.29) is 24.3 Å². The highest BCUT2D eigenvalue weighted by Crippen LogP contribution is 2.34. The molecule has 2 aliphatic rings. The van der Waals surface area contributed by atoms with Crippen molar-refractivity contribution in [2.45, 2.75) is 56.9 Å². The smallest absolute Gasteiger partial charge is 0.410 e. The molecule has 108 valence electrons. The molecule has 2 unspecified atom stereocenters. The maximum Gasteiger partial charge on any atom is 0.410 e. The Hall–Kier alpha value is -1.55. The maximum absolute atomic E-state index is 12.3. The molecule has 0 spiro atoms. The predicted molar refractivity (Wildman–Crippen MR) is 75.1 cm³/mol.